The van der Waals surface area contributed by atoms with Gasteiger partial charge in [0.2, 0.25) is 0 Å². The fourth-order valence-electron chi connectivity index (χ4n) is 1.02. The number of hydrogen-bond donors (Lipinski definition) is 1. The van der Waals surface area contributed by atoms with Crippen molar-refractivity contribution in [2.75, 3.05) is 5.32 Å². The van der Waals surface area contributed by atoms with Crippen LogP contribution in [0.4, 0.5) is 11.4 Å². The molecule has 1 N–H and O–H groups in total. The van der Waals surface area contributed by atoms with Gasteiger partial charge in [-0.1, -0.05) is 29.8 Å². The van der Waals surface area contributed by atoms with Crippen LogP contribution in [0.1, 0.15) is 0 Å². The first kappa shape index (κ1) is 8.90. The largest absolute Gasteiger partial charge is 0.352 e. The summed E-state index contributed by atoms with van der Waals surface area (Å²) in [5.41, 5.74) is 1.58. The van der Waals surface area contributed by atoms with Gasteiger partial charge in [-0.3, -0.25) is 0 Å². The number of aromatic nitrogens is 3. The Morgan fingerprint density at radius 1 is 1.14 bits per heavy atom. The van der Waals surface area contributed by atoms with Crippen LogP contribution in [-0.2, 0) is 0 Å². The molecule has 14 heavy (non-hydrogen) atoms. The van der Waals surface area contributed by atoms with E-state index in [1.807, 2.05) is 30.3 Å². The van der Waals surface area contributed by atoms with Gasteiger partial charge in [-0.05, 0) is 17.3 Å². The molecular weight excluding hydrogens is 200 g/mol. The molecular formula is C9H7ClN4. The van der Waals surface area contributed by atoms with E-state index in [9.17, 15) is 0 Å². The minimum atomic E-state index is 0.309. The zero-order chi connectivity index (χ0) is 9.80. The molecule has 0 aliphatic carbocycles. The highest BCUT2D eigenvalue weighted by molar-refractivity contribution is 6.31. The first-order valence-corrected chi connectivity index (χ1v) is 4.40. The monoisotopic (exact) mass is 206 g/mol. The molecule has 0 aliphatic heterocycles. The lowest BCUT2D eigenvalue weighted by Gasteiger charge is -2.04. The van der Waals surface area contributed by atoms with Crippen LogP contribution in [0.2, 0.25) is 5.15 Å². The van der Waals surface area contributed by atoms with E-state index in [1.165, 1.54) is 6.20 Å². The van der Waals surface area contributed by atoms with E-state index in [4.69, 9.17) is 11.6 Å². The normalized spacial score (nSPS) is 9.79. The molecule has 0 amide bonds. The molecule has 5 heteroatoms. The van der Waals surface area contributed by atoms with E-state index in [2.05, 4.69) is 20.7 Å². The number of para-hydroxylation sites is 1. The van der Waals surface area contributed by atoms with Crippen LogP contribution in [0.25, 0.3) is 0 Å². The Kier molecular flexibility index (Phi) is 2.55. The Hall–Kier alpha value is -1.68. The summed E-state index contributed by atoms with van der Waals surface area (Å²) < 4.78 is 0. The molecule has 1 heterocycles. The fraction of sp³-hybridized carbons (Fsp3) is 0. The topological polar surface area (TPSA) is 50.7 Å². The van der Waals surface area contributed by atoms with Gasteiger partial charge in [-0.25, -0.2) is 0 Å². The number of benzene rings is 1. The van der Waals surface area contributed by atoms with Crippen molar-refractivity contribution in [3.63, 3.8) is 0 Å². The Morgan fingerprint density at radius 2 is 1.93 bits per heavy atom. The second-order valence-electron chi connectivity index (χ2n) is 2.63. The predicted molar refractivity (Wildman–Crippen MR) is 54.6 cm³/mol. The van der Waals surface area contributed by atoms with Crippen molar-refractivity contribution < 1.29 is 0 Å². The molecule has 4 nitrogen and oxygen atoms in total. The molecule has 1 aromatic heterocycles. The van der Waals surface area contributed by atoms with E-state index < -0.39 is 0 Å². The van der Waals surface area contributed by atoms with Gasteiger partial charge in [0.1, 0.15) is 0 Å². The van der Waals surface area contributed by atoms with Crippen LogP contribution in [0.5, 0.6) is 0 Å². The number of halogens is 1. The van der Waals surface area contributed by atoms with Gasteiger partial charge in [0.15, 0.2) is 5.15 Å². The zero-order valence-corrected chi connectivity index (χ0v) is 7.94. The SMILES string of the molecule is Clc1nnncc1Nc1ccccc1. The zero-order valence-electron chi connectivity index (χ0n) is 7.18. The molecule has 2 aromatic rings. The van der Waals surface area contributed by atoms with Crippen molar-refractivity contribution in [3.8, 4) is 0 Å². The van der Waals surface area contributed by atoms with Crippen LogP contribution < -0.4 is 5.32 Å². The molecule has 0 saturated carbocycles. The minimum absolute atomic E-state index is 0.309. The molecule has 0 fully saturated rings. The molecule has 0 atom stereocenters. The van der Waals surface area contributed by atoms with Crippen LogP contribution in [-0.4, -0.2) is 15.4 Å². The summed E-state index contributed by atoms with van der Waals surface area (Å²) in [6.45, 7) is 0. The summed E-state index contributed by atoms with van der Waals surface area (Å²) in [7, 11) is 0. The molecule has 0 radical (unpaired) electrons. The van der Waals surface area contributed by atoms with Gasteiger partial charge in [-0.2, -0.15) is 0 Å². The van der Waals surface area contributed by atoms with Gasteiger partial charge in [-0.15, -0.1) is 10.2 Å². The molecule has 1 aromatic carbocycles. The molecule has 2 rings (SSSR count). The van der Waals surface area contributed by atoms with Crippen LogP contribution >= 0.6 is 11.6 Å². The highest BCUT2D eigenvalue weighted by Gasteiger charge is 2.00. The highest BCUT2D eigenvalue weighted by atomic mass is 35.5. The van der Waals surface area contributed by atoms with Gasteiger partial charge < -0.3 is 5.32 Å². The number of nitrogens with zero attached hydrogens (tertiary/aromatic N) is 3. The van der Waals surface area contributed by atoms with Crippen LogP contribution in [0, 0.1) is 0 Å². The Bertz CT molecular complexity index is 418. The second-order valence-corrected chi connectivity index (χ2v) is 2.99. The third kappa shape index (κ3) is 1.97. The maximum Gasteiger partial charge on any atom is 0.178 e. The maximum atomic E-state index is 5.80. The Morgan fingerprint density at radius 3 is 2.64 bits per heavy atom. The lowest BCUT2D eigenvalue weighted by Crippen LogP contribution is -1.95. The summed E-state index contributed by atoms with van der Waals surface area (Å²) in [5.74, 6) is 0. The van der Waals surface area contributed by atoms with Crippen molar-refractivity contribution >= 4 is 23.0 Å². The molecule has 0 aliphatic rings. The lowest BCUT2D eigenvalue weighted by atomic mass is 10.3. The van der Waals surface area contributed by atoms with Crippen molar-refractivity contribution in [2.45, 2.75) is 0 Å². The standard InChI is InChI=1S/C9H7ClN4/c10-9-8(6-11-14-13-9)12-7-4-2-1-3-5-7/h1-6H,(H,12,14). The smallest absolute Gasteiger partial charge is 0.178 e. The van der Waals surface area contributed by atoms with Crippen molar-refractivity contribution in [1.29, 1.82) is 0 Å². The van der Waals surface area contributed by atoms with Crippen LogP contribution in [0.15, 0.2) is 36.5 Å². The van der Waals surface area contributed by atoms with Crippen molar-refractivity contribution in [3.05, 3.63) is 41.7 Å². The molecule has 0 spiro atoms. The van der Waals surface area contributed by atoms with Gasteiger partial charge in [0, 0.05) is 5.69 Å². The number of anilines is 2. The quantitative estimate of drug-likeness (QED) is 0.819. The van der Waals surface area contributed by atoms with Gasteiger partial charge in [0.05, 0.1) is 11.9 Å². The summed E-state index contributed by atoms with van der Waals surface area (Å²) in [5, 5.41) is 14.0. The molecule has 0 unspecified atom stereocenters. The lowest BCUT2D eigenvalue weighted by molar-refractivity contribution is 0.868. The fourth-order valence-corrected chi connectivity index (χ4v) is 1.15. The summed E-state index contributed by atoms with van der Waals surface area (Å²) in [4.78, 5) is 0. The predicted octanol–water partition coefficient (Wildman–Crippen LogP) is 2.27. The number of hydrogen-bond acceptors (Lipinski definition) is 4. The molecule has 0 bridgehead atoms. The van der Waals surface area contributed by atoms with Crippen molar-refractivity contribution in [2.24, 2.45) is 0 Å². The summed E-state index contributed by atoms with van der Waals surface area (Å²) in [6, 6.07) is 9.65. The minimum Gasteiger partial charge on any atom is -0.352 e. The van der Waals surface area contributed by atoms with E-state index in [1.54, 1.807) is 0 Å². The van der Waals surface area contributed by atoms with E-state index in [0.29, 0.717) is 10.8 Å². The third-order valence-electron chi connectivity index (χ3n) is 1.65. The first-order valence-electron chi connectivity index (χ1n) is 4.02. The highest BCUT2D eigenvalue weighted by Crippen LogP contribution is 2.20. The van der Waals surface area contributed by atoms with Crippen LogP contribution in [0.3, 0.4) is 0 Å². The summed E-state index contributed by atoms with van der Waals surface area (Å²) in [6.07, 6.45) is 1.53. The van der Waals surface area contributed by atoms with E-state index in [-0.39, 0.29) is 0 Å². The Labute approximate surface area is 85.9 Å². The molecule has 0 saturated heterocycles. The average molecular weight is 207 g/mol. The van der Waals surface area contributed by atoms with E-state index >= 15 is 0 Å². The van der Waals surface area contributed by atoms with Gasteiger partial charge in [0.25, 0.3) is 0 Å². The number of rotatable bonds is 2. The summed E-state index contributed by atoms with van der Waals surface area (Å²) >= 11 is 5.80. The van der Waals surface area contributed by atoms with E-state index in [0.717, 1.165) is 5.69 Å². The Balaban J connectivity index is 2.24. The second kappa shape index (κ2) is 4.02. The first-order chi connectivity index (χ1) is 6.86. The third-order valence-corrected chi connectivity index (χ3v) is 1.93. The maximum absolute atomic E-state index is 5.80. The molecule has 70 valence electrons. The van der Waals surface area contributed by atoms with Crippen molar-refractivity contribution in [1.82, 2.24) is 15.4 Å². The van der Waals surface area contributed by atoms with Gasteiger partial charge >= 0.3 is 0 Å². The average Bonchev–Trinajstić information content (AvgIpc) is 2.23. The number of nitrogens with one attached hydrogen (secondary N) is 1.